The molecule has 110 valence electrons. The van der Waals surface area contributed by atoms with Crippen molar-refractivity contribution in [3.8, 4) is 0 Å². The summed E-state index contributed by atoms with van der Waals surface area (Å²) in [6, 6.07) is 11.7. The number of nitrogens with two attached hydrogens (primary N) is 1. The number of aryl methyl sites for hydroxylation is 1. The van der Waals surface area contributed by atoms with E-state index in [1.54, 1.807) is 0 Å². The third-order valence-corrected chi connectivity index (χ3v) is 3.63. The van der Waals surface area contributed by atoms with Crippen LogP contribution in [0.5, 0.6) is 0 Å². The van der Waals surface area contributed by atoms with Crippen LogP contribution in [0.4, 0.5) is 0 Å². The maximum atomic E-state index is 11.6. The van der Waals surface area contributed by atoms with E-state index in [4.69, 9.17) is 10.6 Å². The molecule has 3 N–H and O–H groups in total. The van der Waals surface area contributed by atoms with Crippen molar-refractivity contribution in [2.45, 2.75) is 13.5 Å². The highest BCUT2D eigenvalue weighted by Crippen LogP contribution is 2.07. The van der Waals surface area contributed by atoms with Gasteiger partial charge in [0.25, 0.3) is 5.91 Å². The van der Waals surface area contributed by atoms with Crippen molar-refractivity contribution in [1.29, 1.82) is 0 Å². The smallest absolute Gasteiger partial charge is 0.261 e. The second-order valence-electron chi connectivity index (χ2n) is 4.49. The molecule has 0 aliphatic carbocycles. The number of carbonyl (C=O) groups excluding carboxylic acids is 1. The molecule has 5 nitrogen and oxygen atoms in total. The number of benzene rings is 1. The average Bonchev–Trinajstić information content (AvgIpc) is 3.01. The first kappa shape index (κ1) is 15.1. The van der Waals surface area contributed by atoms with Gasteiger partial charge in [-0.3, -0.25) is 4.79 Å². The molecule has 1 aromatic heterocycles. The van der Waals surface area contributed by atoms with E-state index in [0.29, 0.717) is 6.54 Å². The normalized spacial score (nSPS) is 11.2. The van der Waals surface area contributed by atoms with Crippen molar-refractivity contribution < 1.29 is 9.63 Å². The number of hydrogen-bond donors (Lipinski definition) is 2. The number of amidine groups is 1. The molecule has 0 saturated carbocycles. The third kappa shape index (κ3) is 4.92. The van der Waals surface area contributed by atoms with Gasteiger partial charge in [0.2, 0.25) is 0 Å². The van der Waals surface area contributed by atoms with Gasteiger partial charge in [-0.15, -0.1) is 11.3 Å². The molecule has 0 fully saturated rings. The van der Waals surface area contributed by atoms with Crippen LogP contribution in [0.1, 0.15) is 16.0 Å². The zero-order valence-corrected chi connectivity index (χ0v) is 12.5. The first-order valence-electron chi connectivity index (χ1n) is 6.46. The summed E-state index contributed by atoms with van der Waals surface area (Å²) in [7, 11) is 0. The molecule has 0 bridgehead atoms. The fraction of sp³-hybridized carbons (Fsp3) is 0.200. The van der Waals surface area contributed by atoms with E-state index in [-0.39, 0.29) is 18.3 Å². The maximum absolute atomic E-state index is 11.6. The number of nitrogens with one attached hydrogen (secondary N) is 1. The van der Waals surface area contributed by atoms with Crippen LogP contribution >= 0.6 is 11.3 Å². The summed E-state index contributed by atoms with van der Waals surface area (Å²) in [5.41, 5.74) is 7.93. The molecule has 0 atom stereocenters. The van der Waals surface area contributed by atoms with Gasteiger partial charge in [0, 0.05) is 6.54 Å². The molecule has 2 rings (SSSR count). The zero-order chi connectivity index (χ0) is 15.1. The minimum Gasteiger partial charge on any atom is -0.384 e. The van der Waals surface area contributed by atoms with Crippen LogP contribution in [0, 0.1) is 6.92 Å². The Labute approximate surface area is 127 Å². The number of thiophene rings is 1. The van der Waals surface area contributed by atoms with Gasteiger partial charge in [0.15, 0.2) is 12.4 Å². The lowest BCUT2D eigenvalue weighted by Crippen LogP contribution is -2.26. The molecule has 1 heterocycles. The molecule has 1 amide bonds. The zero-order valence-electron chi connectivity index (χ0n) is 11.7. The van der Waals surface area contributed by atoms with Crippen molar-refractivity contribution in [2.24, 2.45) is 10.9 Å². The fourth-order valence-electron chi connectivity index (χ4n) is 1.59. The van der Waals surface area contributed by atoms with Crippen LogP contribution in [-0.4, -0.2) is 18.3 Å². The van der Waals surface area contributed by atoms with Gasteiger partial charge in [-0.1, -0.05) is 41.1 Å². The Bertz CT molecular complexity index is 606. The first-order valence-corrected chi connectivity index (χ1v) is 7.34. The first-order chi connectivity index (χ1) is 10.1. The highest BCUT2D eigenvalue weighted by Gasteiger charge is 2.03. The van der Waals surface area contributed by atoms with Crippen LogP contribution in [0.15, 0.2) is 46.9 Å². The van der Waals surface area contributed by atoms with Gasteiger partial charge in [-0.25, -0.2) is 0 Å². The number of amides is 1. The predicted octanol–water partition coefficient (Wildman–Crippen LogP) is 2.01. The summed E-state index contributed by atoms with van der Waals surface area (Å²) in [5.74, 6) is 0.0367. The van der Waals surface area contributed by atoms with Crippen LogP contribution in [-0.2, 0) is 16.2 Å². The monoisotopic (exact) mass is 303 g/mol. The molecule has 1 aromatic carbocycles. The van der Waals surface area contributed by atoms with Crippen molar-refractivity contribution in [2.75, 3.05) is 6.61 Å². The number of carbonyl (C=O) groups is 1. The van der Waals surface area contributed by atoms with Crippen LogP contribution in [0.3, 0.4) is 0 Å². The maximum Gasteiger partial charge on any atom is 0.261 e. The SMILES string of the molecule is Cc1ccc(CNC(=O)CO/N=C(\N)c2cccs2)cc1. The topological polar surface area (TPSA) is 76.7 Å². The fourth-order valence-corrected chi connectivity index (χ4v) is 2.21. The molecule has 21 heavy (non-hydrogen) atoms. The van der Waals surface area contributed by atoms with Crippen molar-refractivity contribution in [3.05, 3.63) is 57.8 Å². The lowest BCUT2D eigenvalue weighted by Gasteiger charge is -2.05. The molecule has 0 aliphatic heterocycles. The standard InChI is InChI=1S/C15H17N3O2S/c1-11-4-6-12(7-5-11)9-17-14(19)10-20-18-15(16)13-3-2-8-21-13/h2-8H,9-10H2,1H3,(H2,16,18)(H,17,19). The second-order valence-corrected chi connectivity index (χ2v) is 5.44. The number of oxime groups is 1. The molecular weight excluding hydrogens is 286 g/mol. The number of hydrogen-bond acceptors (Lipinski definition) is 4. The molecule has 0 radical (unpaired) electrons. The van der Waals surface area contributed by atoms with Gasteiger partial charge in [-0.05, 0) is 23.9 Å². The van der Waals surface area contributed by atoms with E-state index < -0.39 is 0 Å². The average molecular weight is 303 g/mol. The molecular formula is C15H17N3O2S. The van der Waals surface area contributed by atoms with Gasteiger partial charge in [0.1, 0.15) is 0 Å². The summed E-state index contributed by atoms with van der Waals surface area (Å²) in [4.78, 5) is 17.4. The number of rotatable bonds is 6. The lowest BCUT2D eigenvalue weighted by molar-refractivity contribution is -0.125. The molecule has 0 spiro atoms. The summed E-state index contributed by atoms with van der Waals surface area (Å²) < 4.78 is 0. The van der Waals surface area contributed by atoms with Crippen molar-refractivity contribution >= 4 is 23.1 Å². The second kappa shape index (κ2) is 7.44. The van der Waals surface area contributed by atoms with Crippen LogP contribution in [0.2, 0.25) is 0 Å². The number of nitrogens with zero attached hydrogens (tertiary/aromatic N) is 1. The van der Waals surface area contributed by atoms with E-state index in [0.717, 1.165) is 10.4 Å². The highest BCUT2D eigenvalue weighted by atomic mass is 32.1. The Hall–Kier alpha value is -2.34. The Morgan fingerprint density at radius 3 is 2.76 bits per heavy atom. The molecule has 0 saturated heterocycles. The van der Waals surface area contributed by atoms with Crippen molar-refractivity contribution in [3.63, 3.8) is 0 Å². The third-order valence-electron chi connectivity index (χ3n) is 2.74. The summed E-state index contributed by atoms with van der Waals surface area (Å²) in [6.07, 6.45) is 0. The Morgan fingerprint density at radius 2 is 2.10 bits per heavy atom. The van der Waals surface area contributed by atoms with Gasteiger partial charge in [-0.2, -0.15) is 0 Å². The van der Waals surface area contributed by atoms with Gasteiger partial charge in [0.05, 0.1) is 4.88 Å². The minimum absolute atomic E-state index is 0.155. The largest absolute Gasteiger partial charge is 0.384 e. The van der Waals surface area contributed by atoms with E-state index in [2.05, 4.69) is 10.5 Å². The summed E-state index contributed by atoms with van der Waals surface area (Å²) >= 11 is 1.46. The quantitative estimate of drug-likeness (QED) is 0.487. The molecule has 2 aromatic rings. The summed E-state index contributed by atoms with van der Waals surface area (Å²) in [6.45, 7) is 2.33. The van der Waals surface area contributed by atoms with Crippen molar-refractivity contribution in [1.82, 2.24) is 5.32 Å². The highest BCUT2D eigenvalue weighted by molar-refractivity contribution is 7.12. The van der Waals surface area contributed by atoms with E-state index in [9.17, 15) is 4.79 Å². The van der Waals surface area contributed by atoms with Gasteiger partial charge < -0.3 is 15.9 Å². The van der Waals surface area contributed by atoms with E-state index in [1.165, 1.54) is 16.9 Å². The lowest BCUT2D eigenvalue weighted by atomic mass is 10.1. The van der Waals surface area contributed by atoms with Crippen LogP contribution < -0.4 is 11.1 Å². The van der Waals surface area contributed by atoms with Crippen LogP contribution in [0.25, 0.3) is 0 Å². The Morgan fingerprint density at radius 1 is 1.33 bits per heavy atom. The molecule has 0 aliphatic rings. The summed E-state index contributed by atoms with van der Waals surface area (Å²) in [5, 5.41) is 8.37. The Kier molecular flexibility index (Phi) is 5.34. The van der Waals surface area contributed by atoms with E-state index in [1.807, 2.05) is 48.7 Å². The molecule has 6 heteroatoms. The Balaban J connectivity index is 1.72. The minimum atomic E-state index is -0.238. The molecule has 0 unspecified atom stereocenters. The van der Waals surface area contributed by atoms with Gasteiger partial charge >= 0.3 is 0 Å². The van der Waals surface area contributed by atoms with E-state index >= 15 is 0 Å². The predicted molar refractivity (Wildman–Crippen MR) is 84.0 cm³/mol.